The van der Waals surface area contributed by atoms with Crippen LogP contribution >= 0.6 is 0 Å². The Hall–Kier alpha value is -2.61. The van der Waals surface area contributed by atoms with Gasteiger partial charge in [-0.05, 0) is 55.3 Å². The Kier molecular flexibility index (Phi) is 4.86. The summed E-state index contributed by atoms with van der Waals surface area (Å²) in [5.74, 6) is -0.943. The number of hydrogen-bond donors (Lipinski definition) is 0. The third-order valence-electron chi connectivity index (χ3n) is 4.03. The Balaban J connectivity index is 2.22. The second-order valence-corrected chi connectivity index (χ2v) is 8.41. The third-order valence-corrected chi connectivity index (χ3v) is 5.16. The Morgan fingerprint density at radius 3 is 2.15 bits per heavy atom. The van der Waals surface area contributed by atoms with Crippen LogP contribution in [0.25, 0.3) is 16.9 Å². The van der Waals surface area contributed by atoms with E-state index in [0.717, 1.165) is 29.5 Å². The van der Waals surface area contributed by atoms with Gasteiger partial charge in [-0.2, -0.15) is 5.10 Å². The second-order valence-electron chi connectivity index (χ2n) is 6.43. The molecule has 1 aromatic heterocycles. The minimum absolute atomic E-state index is 0.245. The number of halogens is 3. The van der Waals surface area contributed by atoms with Crippen molar-refractivity contribution in [2.45, 2.75) is 25.2 Å². The first-order chi connectivity index (χ1) is 12.6. The van der Waals surface area contributed by atoms with Crippen molar-refractivity contribution in [1.82, 2.24) is 9.78 Å². The van der Waals surface area contributed by atoms with Crippen molar-refractivity contribution < 1.29 is 21.6 Å². The minimum Gasteiger partial charge on any atom is -0.233 e. The monoisotopic (exact) mass is 394 g/mol. The molecule has 0 aliphatic heterocycles. The quantitative estimate of drug-likeness (QED) is 0.648. The lowest BCUT2D eigenvalue weighted by Crippen LogP contribution is -2.03. The molecule has 0 saturated heterocycles. The standard InChI is InChI=1S/C19H17F3N2O2S/c1-11-6-12(2)8-14(7-11)24-17(10-16(23-24)19(21)22)13-4-5-18(15(20)9-13)27(3,25)26/h4-10,19H,1-3H3. The lowest BCUT2D eigenvalue weighted by molar-refractivity contribution is 0.145. The molecule has 3 aromatic rings. The maximum atomic E-state index is 14.3. The molecule has 0 aliphatic carbocycles. The van der Waals surface area contributed by atoms with Crippen LogP contribution in [-0.2, 0) is 9.84 Å². The van der Waals surface area contributed by atoms with Gasteiger partial charge in [0.15, 0.2) is 9.84 Å². The largest absolute Gasteiger partial charge is 0.282 e. The fourth-order valence-electron chi connectivity index (χ4n) is 2.94. The molecule has 0 bridgehead atoms. The van der Waals surface area contributed by atoms with E-state index in [1.165, 1.54) is 16.8 Å². The normalized spacial score (nSPS) is 12.0. The van der Waals surface area contributed by atoms with E-state index < -0.39 is 32.7 Å². The summed E-state index contributed by atoms with van der Waals surface area (Å²) in [5, 5.41) is 3.97. The zero-order valence-electron chi connectivity index (χ0n) is 14.9. The summed E-state index contributed by atoms with van der Waals surface area (Å²) in [6, 6.07) is 10.2. The molecule has 0 amide bonds. The molecule has 142 valence electrons. The lowest BCUT2D eigenvalue weighted by atomic mass is 10.1. The first-order valence-electron chi connectivity index (χ1n) is 8.03. The molecular weight excluding hydrogens is 377 g/mol. The highest BCUT2D eigenvalue weighted by molar-refractivity contribution is 7.90. The van der Waals surface area contributed by atoms with Gasteiger partial charge in [0.25, 0.3) is 6.43 Å². The van der Waals surface area contributed by atoms with Crippen molar-refractivity contribution >= 4 is 9.84 Å². The highest BCUT2D eigenvalue weighted by atomic mass is 32.2. The van der Waals surface area contributed by atoms with Gasteiger partial charge in [0.2, 0.25) is 0 Å². The molecule has 1 heterocycles. The van der Waals surface area contributed by atoms with Gasteiger partial charge in [-0.3, -0.25) is 0 Å². The molecular formula is C19H17F3N2O2S. The van der Waals surface area contributed by atoms with Crippen LogP contribution < -0.4 is 0 Å². The molecule has 3 rings (SSSR count). The molecule has 0 atom stereocenters. The van der Waals surface area contributed by atoms with E-state index in [0.29, 0.717) is 5.69 Å². The molecule has 27 heavy (non-hydrogen) atoms. The average Bonchev–Trinajstić information content (AvgIpc) is 2.98. The first kappa shape index (κ1) is 19.2. The van der Waals surface area contributed by atoms with Crippen molar-refractivity contribution in [3.63, 3.8) is 0 Å². The molecule has 4 nitrogen and oxygen atoms in total. The Labute approximate surface area is 155 Å². The van der Waals surface area contributed by atoms with Crippen LogP contribution in [0.2, 0.25) is 0 Å². The summed E-state index contributed by atoms with van der Waals surface area (Å²) in [6.07, 6.45) is -1.89. The molecule has 0 N–H and O–H groups in total. The van der Waals surface area contributed by atoms with Gasteiger partial charge in [0.1, 0.15) is 16.4 Å². The van der Waals surface area contributed by atoms with Crippen LogP contribution in [-0.4, -0.2) is 24.5 Å². The number of nitrogens with zero attached hydrogens (tertiary/aromatic N) is 2. The van der Waals surface area contributed by atoms with Gasteiger partial charge >= 0.3 is 0 Å². The molecule has 8 heteroatoms. The Morgan fingerprint density at radius 1 is 1.00 bits per heavy atom. The van der Waals surface area contributed by atoms with E-state index in [1.807, 2.05) is 19.9 Å². The van der Waals surface area contributed by atoms with E-state index in [-0.39, 0.29) is 11.3 Å². The predicted octanol–water partition coefficient (Wildman–Crippen LogP) is 4.64. The zero-order valence-corrected chi connectivity index (χ0v) is 15.7. The molecule has 0 spiro atoms. The summed E-state index contributed by atoms with van der Waals surface area (Å²) >= 11 is 0. The van der Waals surface area contributed by atoms with Crippen LogP contribution in [0.5, 0.6) is 0 Å². The second kappa shape index (κ2) is 6.84. The van der Waals surface area contributed by atoms with E-state index >= 15 is 0 Å². The number of rotatable bonds is 4. The van der Waals surface area contributed by atoms with Gasteiger partial charge in [0.05, 0.1) is 11.4 Å². The van der Waals surface area contributed by atoms with Gasteiger partial charge in [0, 0.05) is 11.8 Å². The zero-order chi connectivity index (χ0) is 19.9. The summed E-state index contributed by atoms with van der Waals surface area (Å²) in [4.78, 5) is -0.446. The molecule has 0 radical (unpaired) electrons. The predicted molar refractivity (Wildman–Crippen MR) is 96.5 cm³/mol. The molecule has 0 aliphatic rings. The van der Waals surface area contributed by atoms with Gasteiger partial charge in [-0.1, -0.05) is 12.1 Å². The molecule has 2 aromatic carbocycles. The van der Waals surface area contributed by atoms with Gasteiger partial charge in [-0.15, -0.1) is 0 Å². The van der Waals surface area contributed by atoms with Crippen molar-refractivity contribution in [3.05, 3.63) is 65.1 Å². The lowest BCUT2D eigenvalue weighted by Gasteiger charge is -2.11. The number of benzene rings is 2. The van der Waals surface area contributed by atoms with Gasteiger partial charge < -0.3 is 0 Å². The third kappa shape index (κ3) is 3.90. The van der Waals surface area contributed by atoms with E-state index in [9.17, 15) is 21.6 Å². The summed E-state index contributed by atoms with van der Waals surface area (Å²) in [5.41, 5.74) is 2.44. The van der Waals surface area contributed by atoms with E-state index in [4.69, 9.17) is 0 Å². The molecule has 0 unspecified atom stereocenters. The van der Waals surface area contributed by atoms with Crippen LogP contribution in [0.1, 0.15) is 23.2 Å². The highest BCUT2D eigenvalue weighted by Crippen LogP contribution is 2.30. The van der Waals surface area contributed by atoms with Crippen LogP contribution in [0.4, 0.5) is 13.2 Å². The molecule has 0 fully saturated rings. The van der Waals surface area contributed by atoms with E-state index in [1.54, 1.807) is 12.1 Å². The van der Waals surface area contributed by atoms with E-state index in [2.05, 4.69) is 5.10 Å². The first-order valence-corrected chi connectivity index (χ1v) is 9.92. The smallest absolute Gasteiger partial charge is 0.233 e. The fourth-order valence-corrected chi connectivity index (χ4v) is 3.67. The Bertz CT molecular complexity index is 1100. The molecule has 0 saturated carbocycles. The van der Waals surface area contributed by atoms with Crippen LogP contribution in [0.15, 0.2) is 47.4 Å². The number of alkyl halides is 2. The number of hydrogen-bond acceptors (Lipinski definition) is 3. The fraction of sp³-hybridized carbons (Fsp3) is 0.211. The van der Waals surface area contributed by atoms with Crippen LogP contribution in [0, 0.1) is 19.7 Å². The topological polar surface area (TPSA) is 52.0 Å². The minimum atomic E-state index is -3.73. The summed E-state index contributed by atoms with van der Waals surface area (Å²) < 4.78 is 65.3. The van der Waals surface area contributed by atoms with Crippen molar-refractivity contribution in [1.29, 1.82) is 0 Å². The van der Waals surface area contributed by atoms with Gasteiger partial charge in [-0.25, -0.2) is 26.3 Å². The number of aromatic nitrogens is 2. The maximum absolute atomic E-state index is 14.3. The maximum Gasteiger partial charge on any atom is 0.282 e. The van der Waals surface area contributed by atoms with Crippen molar-refractivity contribution in [3.8, 4) is 16.9 Å². The highest BCUT2D eigenvalue weighted by Gasteiger charge is 2.20. The average molecular weight is 394 g/mol. The Morgan fingerprint density at radius 2 is 1.63 bits per heavy atom. The SMILES string of the molecule is Cc1cc(C)cc(-n2nc(C(F)F)cc2-c2ccc(S(C)(=O)=O)c(F)c2)c1. The number of sulfone groups is 1. The number of aryl methyl sites for hydroxylation is 2. The summed E-state index contributed by atoms with van der Waals surface area (Å²) in [7, 11) is -3.73. The summed E-state index contributed by atoms with van der Waals surface area (Å²) in [6.45, 7) is 3.74. The van der Waals surface area contributed by atoms with Crippen molar-refractivity contribution in [2.75, 3.05) is 6.26 Å². The van der Waals surface area contributed by atoms with Crippen LogP contribution in [0.3, 0.4) is 0 Å². The van der Waals surface area contributed by atoms with Crippen molar-refractivity contribution in [2.24, 2.45) is 0 Å².